The van der Waals surface area contributed by atoms with Crippen molar-refractivity contribution in [3.05, 3.63) is 22.8 Å². The summed E-state index contributed by atoms with van der Waals surface area (Å²) in [5.74, 6) is 1.69. The molecule has 1 N–H and O–H groups in total. The first-order valence-corrected chi connectivity index (χ1v) is 11.7. The maximum absolute atomic E-state index is 12.6. The number of nitrogens with one attached hydrogen (secondary N) is 1. The molecule has 0 bridgehead atoms. The molecule has 6 heteroatoms. The second-order valence-corrected chi connectivity index (χ2v) is 9.59. The number of hydrogen-bond acceptors (Lipinski definition) is 4. The third-order valence-electron chi connectivity index (χ3n) is 6.47. The summed E-state index contributed by atoms with van der Waals surface area (Å²) >= 11 is 0. The van der Waals surface area contributed by atoms with Gasteiger partial charge < -0.3 is 10.2 Å². The zero-order chi connectivity index (χ0) is 21.7. The highest BCUT2D eigenvalue weighted by Gasteiger charge is 2.28. The highest BCUT2D eigenvalue weighted by molar-refractivity contribution is 5.79. The number of aromatic nitrogens is 2. The summed E-state index contributed by atoms with van der Waals surface area (Å²) in [4.78, 5) is 36.6. The van der Waals surface area contributed by atoms with Gasteiger partial charge in [0.2, 0.25) is 11.8 Å². The Balaban J connectivity index is 1.64. The molecule has 166 valence electrons. The Morgan fingerprint density at radius 1 is 1.03 bits per heavy atom. The van der Waals surface area contributed by atoms with Crippen molar-refractivity contribution in [2.75, 3.05) is 13.1 Å². The summed E-state index contributed by atoms with van der Waals surface area (Å²) < 4.78 is 0. The molecule has 2 aliphatic rings. The van der Waals surface area contributed by atoms with Crippen molar-refractivity contribution >= 4 is 11.8 Å². The first-order valence-electron chi connectivity index (χ1n) is 11.7. The molecule has 1 unspecified atom stereocenters. The first-order chi connectivity index (χ1) is 14.3. The SMILES string of the molecule is Cc1nc(C2CCCN(C(=O)CC(C)C)C2)nc(C)c1CC(=O)NC1CCCCC1. The fraction of sp³-hybridized carbons (Fsp3) is 0.750. The molecule has 0 spiro atoms. The number of piperidine rings is 1. The monoisotopic (exact) mass is 414 g/mol. The number of rotatable bonds is 6. The number of aryl methyl sites for hydroxylation is 2. The Hall–Kier alpha value is -1.98. The number of likely N-dealkylation sites (tertiary alicyclic amines) is 1. The van der Waals surface area contributed by atoms with Gasteiger partial charge in [-0.05, 0) is 45.4 Å². The van der Waals surface area contributed by atoms with Gasteiger partial charge in [-0.25, -0.2) is 9.97 Å². The molecule has 2 heterocycles. The lowest BCUT2D eigenvalue weighted by molar-refractivity contribution is -0.133. The van der Waals surface area contributed by atoms with Gasteiger partial charge in [0.15, 0.2) is 0 Å². The molecule has 6 nitrogen and oxygen atoms in total. The predicted octanol–water partition coefficient (Wildman–Crippen LogP) is 3.84. The van der Waals surface area contributed by atoms with Crippen LogP contribution in [0.1, 0.15) is 93.9 Å². The molecule has 3 rings (SSSR count). The summed E-state index contributed by atoms with van der Waals surface area (Å²) in [5, 5.41) is 3.19. The van der Waals surface area contributed by atoms with Gasteiger partial charge in [0.05, 0.1) is 6.42 Å². The minimum atomic E-state index is 0.0765. The molecular weight excluding hydrogens is 376 g/mol. The summed E-state index contributed by atoms with van der Waals surface area (Å²) in [6, 6.07) is 0.323. The number of carbonyl (C=O) groups is 2. The van der Waals surface area contributed by atoms with E-state index in [1.165, 1.54) is 19.3 Å². The van der Waals surface area contributed by atoms with Crippen molar-refractivity contribution in [2.24, 2.45) is 5.92 Å². The van der Waals surface area contributed by atoms with Crippen molar-refractivity contribution in [2.45, 2.75) is 97.4 Å². The number of amides is 2. The minimum Gasteiger partial charge on any atom is -0.353 e. The largest absolute Gasteiger partial charge is 0.353 e. The van der Waals surface area contributed by atoms with Crippen LogP contribution in [-0.2, 0) is 16.0 Å². The van der Waals surface area contributed by atoms with Gasteiger partial charge in [-0.1, -0.05) is 33.1 Å². The van der Waals surface area contributed by atoms with Crippen molar-refractivity contribution in [3.8, 4) is 0 Å². The van der Waals surface area contributed by atoms with E-state index in [0.29, 0.717) is 31.3 Å². The summed E-state index contributed by atoms with van der Waals surface area (Å²) in [5.41, 5.74) is 2.72. The molecule has 0 radical (unpaired) electrons. The molecule has 0 aromatic carbocycles. The lowest BCUT2D eigenvalue weighted by Crippen LogP contribution is -2.40. The fourth-order valence-electron chi connectivity index (χ4n) is 4.78. The Labute approximate surface area is 181 Å². The van der Waals surface area contributed by atoms with E-state index in [-0.39, 0.29) is 17.7 Å². The third kappa shape index (κ3) is 6.02. The van der Waals surface area contributed by atoms with E-state index < -0.39 is 0 Å². The van der Waals surface area contributed by atoms with E-state index >= 15 is 0 Å². The first kappa shape index (κ1) is 22.7. The van der Waals surface area contributed by atoms with Crippen LogP contribution in [0.15, 0.2) is 0 Å². The second-order valence-electron chi connectivity index (χ2n) is 9.59. The van der Waals surface area contributed by atoms with Crippen LogP contribution >= 0.6 is 0 Å². The molecule has 1 aromatic rings. The van der Waals surface area contributed by atoms with E-state index in [1.54, 1.807) is 0 Å². The number of nitrogens with zero attached hydrogens (tertiary/aromatic N) is 3. The third-order valence-corrected chi connectivity index (χ3v) is 6.47. The van der Waals surface area contributed by atoms with Crippen LogP contribution < -0.4 is 5.32 Å². The van der Waals surface area contributed by atoms with Crippen LogP contribution in [0.5, 0.6) is 0 Å². The van der Waals surface area contributed by atoms with Gasteiger partial charge in [0.25, 0.3) is 0 Å². The fourth-order valence-corrected chi connectivity index (χ4v) is 4.78. The van der Waals surface area contributed by atoms with Crippen LogP contribution in [-0.4, -0.2) is 45.8 Å². The lowest BCUT2D eigenvalue weighted by Gasteiger charge is -2.33. The zero-order valence-corrected chi connectivity index (χ0v) is 19.2. The van der Waals surface area contributed by atoms with E-state index in [4.69, 9.17) is 9.97 Å². The van der Waals surface area contributed by atoms with Crippen molar-refractivity contribution in [1.29, 1.82) is 0 Å². The maximum atomic E-state index is 12.6. The van der Waals surface area contributed by atoms with E-state index in [1.807, 2.05) is 18.7 Å². The molecular formula is C24H38N4O2. The van der Waals surface area contributed by atoms with Crippen molar-refractivity contribution in [3.63, 3.8) is 0 Å². The number of carbonyl (C=O) groups excluding carboxylic acids is 2. The molecule has 1 atom stereocenters. The Kier molecular flexibility index (Phi) is 7.84. The molecule has 1 aliphatic carbocycles. The standard InChI is InChI=1S/C24H38N4O2/c1-16(2)13-23(30)28-12-8-9-19(15-28)24-25-17(3)21(18(4)26-24)14-22(29)27-20-10-6-5-7-11-20/h16,19-20H,5-15H2,1-4H3,(H,27,29). The molecule has 1 saturated heterocycles. The Bertz CT molecular complexity index is 733. The molecule has 30 heavy (non-hydrogen) atoms. The van der Waals surface area contributed by atoms with Gasteiger partial charge in [0.1, 0.15) is 5.82 Å². The predicted molar refractivity (Wildman–Crippen MR) is 118 cm³/mol. The van der Waals surface area contributed by atoms with Crippen molar-refractivity contribution in [1.82, 2.24) is 20.2 Å². The Morgan fingerprint density at radius 3 is 2.33 bits per heavy atom. The van der Waals surface area contributed by atoms with Gasteiger partial charge in [-0.15, -0.1) is 0 Å². The van der Waals surface area contributed by atoms with Crippen LogP contribution in [0.3, 0.4) is 0 Å². The van der Waals surface area contributed by atoms with E-state index in [2.05, 4.69) is 19.2 Å². The summed E-state index contributed by atoms with van der Waals surface area (Å²) in [6.07, 6.45) is 8.81. The average Bonchev–Trinajstić information content (AvgIpc) is 2.71. The van der Waals surface area contributed by atoms with Gasteiger partial charge in [0, 0.05) is 48.4 Å². The highest BCUT2D eigenvalue weighted by Crippen LogP contribution is 2.27. The van der Waals surface area contributed by atoms with Crippen LogP contribution in [0, 0.1) is 19.8 Å². The van der Waals surface area contributed by atoms with E-state index in [0.717, 1.165) is 55.0 Å². The second kappa shape index (κ2) is 10.4. The van der Waals surface area contributed by atoms with Crippen molar-refractivity contribution < 1.29 is 9.59 Å². The average molecular weight is 415 g/mol. The van der Waals surface area contributed by atoms with Gasteiger partial charge in [-0.2, -0.15) is 0 Å². The normalized spacial score (nSPS) is 20.4. The van der Waals surface area contributed by atoms with Gasteiger partial charge in [-0.3, -0.25) is 9.59 Å². The van der Waals surface area contributed by atoms with Crippen LogP contribution in [0.2, 0.25) is 0 Å². The molecule has 1 saturated carbocycles. The minimum absolute atomic E-state index is 0.0765. The zero-order valence-electron chi connectivity index (χ0n) is 19.2. The topological polar surface area (TPSA) is 75.2 Å². The lowest BCUT2D eigenvalue weighted by atomic mass is 9.95. The van der Waals surface area contributed by atoms with Crippen LogP contribution in [0.25, 0.3) is 0 Å². The van der Waals surface area contributed by atoms with Gasteiger partial charge >= 0.3 is 0 Å². The Morgan fingerprint density at radius 2 is 1.70 bits per heavy atom. The highest BCUT2D eigenvalue weighted by atomic mass is 16.2. The molecule has 2 amide bonds. The van der Waals surface area contributed by atoms with Crippen LogP contribution in [0.4, 0.5) is 0 Å². The molecule has 1 aromatic heterocycles. The number of hydrogen-bond donors (Lipinski definition) is 1. The molecule has 2 fully saturated rings. The summed E-state index contributed by atoms with van der Waals surface area (Å²) in [7, 11) is 0. The maximum Gasteiger partial charge on any atom is 0.224 e. The molecule has 1 aliphatic heterocycles. The summed E-state index contributed by atoms with van der Waals surface area (Å²) in [6.45, 7) is 9.65. The van der Waals surface area contributed by atoms with E-state index in [9.17, 15) is 9.59 Å². The quantitative estimate of drug-likeness (QED) is 0.767. The smallest absolute Gasteiger partial charge is 0.224 e.